The van der Waals surface area contributed by atoms with E-state index in [0.29, 0.717) is 18.1 Å². The van der Waals surface area contributed by atoms with Crippen molar-refractivity contribution in [2.75, 3.05) is 12.4 Å². The second kappa shape index (κ2) is 6.14. The Labute approximate surface area is 148 Å². The zero-order chi connectivity index (χ0) is 18.3. The Morgan fingerprint density at radius 1 is 1.23 bits per heavy atom. The molecule has 8 nitrogen and oxygen atoms in total. The van der Waals surface area contributed by atoms with E-state index in [4.69, 9.17) is 4.74 Å². The molecule has 3 heterocycles. The number of ether oxygens (including phenoxy) is 1. The lowest BCUT2D eigenvalue weighted by Gasteiger charge is -2.24. The molecule has 26 heavy (non-hydrogen) atoms. The van der Waals surface area contributed by atoms with Crippen LogP contribution in [-0.4, -0.2) is 33.0 Å². The number of hydrogen-bond acceptors (Lipinski definition) is 5. The first-order chi connectivity index (χ1) is 12.6. The Morgan fingerprint density at radius 2 is 2.08 bits per heavy atom. The van der Waals surface area contributed by atoms with Crippen LogP contribution in [-0.2, 0) is 4.79 Å². The van der Waals surface area contributed by atoms with E-state index >= 15 is 0 Å². The van der Waals surface area contributed by atoms with Crippen molar-refractivity contribution in [2.24, 2.45) is 0 Å². The van der Waals surface area contributed by atoms with Crippen molar-refractivity contribution in [2.45, 2.75) is 19.3 Å². The van der Waals surface area contributed by atoms with Crippen LogP contribution in [0.4, 0.5) is 5.82 Å². The number of amides is 1. The number of aryl methyl sites for hydroxylation is 1. The molecule has 0 radical (unpaired) electrons. The molecule has 1 aliphatic rings. The van der Waals surface area contributed by atoms with E-state index in [1.165, 1.54) is 6.07 Å². The first-order valence-electron chi connectivity index (χ1n) is 8.16. The second-order valence-corrected chi connectivity index (χ2v) is 6.12. The van der Waals surface area contributed by atoms with E-state index in [2.05, 4.69) is 20.6 Å². The first kappa shape index (κ1) is 16.1. The number of aromatic amines is 1. The molecule has 0 aliphatic carbocycles. The fourth-order valence-corrected chi connectivity index (χ4v) is 3.31. The van der Waals surface area contributed by atoms with Crippen LogP contribution in [0.3, 0.4) is 0 Å². The summed E-state index contributed by atoms with van der Waals surface area (Å²) >= 11 is 0. The van der Waals surface area contributed by atoms with Gasteiger partial charge in [-0.1, -0.05) is 12.1 Å². The average molecular weight is 351 g/mol. The van der Waals surface area contributed by atoms with Crippen LogP contribution in [0.2, 0.25) is 0 Å². The smallest absolute Gasteiger partial charge is 0.264 e. The van der Waals surface area contributed by atoms with Crippen LogP contribution in [0, 0.1) is 6.92 Å². The van der Waals surface area contributed by atoms with E-state index in [1.807, 2.05) is 31.2 Å². The van der Waals surface area contributed by atoms with Crippen molar-refractivity contribution in [3.63, 3.8) is 0 Å². The number of rotatable bonds is 3. The minimum Gasteiger partial charge on any atom is -0.497 e. The quantitative estimate of drug-likeness (QED) is 0.748. The molecule has 132 valence electrons. The fraction of sp³-hybridized carbons (Fsp3) is 0.222. The number of fused-ring (bicyclic) bond motifs is 1. The molecule has 0 saturated heterocycles. The molecule has 2 aromatic heterocycles. The molecule has 8 heteroatoms. The number of benzene rings is 1. The van der Waals surface area contributed by atoms with Gasteiger partial charge in [-0.3, -0.25) is 9.59 Å². The van der Waals surface area contributed by atoms with Gasteiger partial charge in [-0.2, -0.15) is 14.9 Å². The number of hydrogen-bond donors (Lipinski definition) is 2. The number of nitrogens with one attached hydrogen (secondary N) is 2. The first-order valence-corrected chi connectivity index (χ1v) is 8.16. The monoisotopic (exact) mass is 351 g/mol. The zero-order valence-electron chi connectivity index (χ0n) is 14.3. The van der Waals surface area contributed by atoms with Gasteiger partial charge in [0.15, 0.2) is 5.82 Å². The van der Waals surface area contributed by atoms with E-state index in [1.54, 1.807) is 17.9 Å². The molecule has 1 aromatic carbocycles. The third kappa shape index (κ3) is 2.65. The van der Waals surface area contributed by atoms with Gasteiger partial charge in [0.05, 0.1) is 12.8 Å². The van der Waals surface area contributed by atoms with Crippen LogP contribution in [0.1, 0.15) is 29.2 Å². The predicted molar refractivity (Wildman–Crippen MR) is 94.8 cm³/mol. The summed E-state index contributed by atoms with van der Waals surface area (Å²) in [4.78, 5) is 23.6. The van der Waals surface area contributed by atoms with Gasteiger partial charge < -0.3 is 10.1 Å². The van der Waals surface area contributed by atoms with Gasteiger partial charge in [0.2, 0.25) is 5.91 Å². The Balaban J connectivity index is 1.86. The number of anilines is 1. The summed E-state index contributed by atoms with van der Waals surface area (Å²) in [6, 6.07) is 10.6. The van der Waals surface area contributed by atoms with Gasteiger partial charge in [0.1, 0.15) is 11.6 Å². The highest BCUT2D eigenvalue weighted by molar-refractivity contribution is 5.95. The minimum atomic E-state index is -0.301. The minimum absolute atomic E-state index is 0.101. The zero-order valence-corrected chi connectivity index (χ0v) is 14.3. The highest BCUT2D eigenvalue weighted by atomic mass is 16.5. The van der Waals surface area contributed by atoms with Gasteiger partial charge in [0.25, 0.3) is 5.56 Å². The maximum atomic E-state index is 12.3. The second-order valence-electron chi connectivity index (χ2n) is 6.12. The number of nitrogens with zero attached hydrogens (tertiary/aromatic N) is 3. The molecule has 0 saturated carbocycles. The van der Waals surface area contributed by atoms with Crippen LogP contribution in [0.5, 0.6) is 5.75 Å². The summed E-state index contributed by atoms with van der Waals surface area (Å²) in [5.41, 5.74) is 2.41. The van der Waals surface area contributed by atoms with E-state index in [9.17, 15) is 9.59 Å². The number of carbonyl (C=O) groups is 1. The number of H-pyrrole nitrogens is 1. The maximum absolute atomic E-state index is 12.3. The van der Waals surface area contributed by atoms with E-state index < -0.39 is 0 Å². The van der Waals surface area contributed by atoms with Gasteiger partial charge in [-0.15, -0.1) is 0 Å². The van der Waals surface area contributed by atoms with Crippen LogP contribution < -0.4 is 15.6 Å². The SMILES string of the molecule is COc1cccc(C2CC(=O)Nc3c2c(C)nn3-c2ccc(=O)[nH]n2)c1. The van der Waals surface area contributed by atoms with Crippen molar-refractivity contribution in [1.82, 2.24) is 20.0 Å². The molecule has 0 bridgehead atoms. The van der Waals surface area contributed by atoms with Crippen molar-refractivity contribution in [3.8, 4) is 11.6 Å². The lowest BCUT2D eigenvalue weighted by molar-refractivity contribution is -0.116. The molecule has 1 unspecified atom stereocenters. The normalized spacial score (nSPS) is 16.1. The molecule has 3 aromatic rings. The lowest BCUT2D eigenvalue weighted by atomic mass is 9.86. The third-order valence-electron chi connectivity index (χ3n) is 4.48. The number of methoxy groups -OCH3 is 1. The number of carbonyl (C=O) groups excluding carboxylic acids is 1. The lowest BCUT2D eigenvalue weighted by Crippen LogP contribution is -2.25. The van der Waals surface area contributed by atoms with Gasteiger partial charge >= 0.3 is 0 Å². The predicted octanol–water partition coefficient (Wildman–Crippen LogP) is 1.75. The highest BCUT2D eigenvalue weighted by Gasteiger charge is 2.33. The maximum Gasteiger partial charge on any atom is 0.264 e. The van der Waals surface area contributed by atoms with Gasteiger partial charge in [-0.25, -0.2) is 5.10 Å². The van der Waals surface area contributed by atoms with Crippen molar-refractivity contribution >= 4 is 11.7 Å². The fourth-order valence-electron chi connectivity index (χ4n) is 3.31. The largest absolute Gasteiger partial charge is 0.497 e. The van der Waals surface area contributed by atoms with Gasteiger partial charge in [0, 0.05) is 24.0 Å². The Hall–Kier alpha value is -3.42. The molecular formula is C18H17N5O3. The summed E-state index contributed by atoms with van der Waals surface area (Å²) in [5.74, 6) is 1.51. The van der Waals surface area contributed by atoms with Crippen molar-refractivity contribution < 1.29 is 9.53 Å². The molecule has 1 amide bonds. The Morgan fingerprint density at radius 3 is 2.81 bits per heavy atom. The number of aromatic nitrogens is 4. The summed E-state index contributed by atoms with van der Waals surface area (Å²) in [5, 5.41) is 13.8. The molecule has 0 fully saturated rings. The van der Waals surface area contributed by atoms with Crippen LogP contribution >= 0.6 is 0 Å². The standard InChI is InChI=1S/C18H17N5O3/c1-10-17-13(11-4-3-5-12(8-11)26-2)9-16(25)19-18(17)23(22-10)14-6-7-15(24)21-20-14/h3-8,13H,9H2,1-2H3,(H,19,25)(H,21,24). The Bertz CT molecular complexity index is 1030. The third-order valence-corrected chi connectivity index (χ3v) is 4.48. The summed E-state index contributed by atoms with van der Waals surface area (Å²) < 4.78 is 6.86. The molecule has 2 N–H and O–H groups in total. The molecule has 1 aliphatic heterocycles. The van der Waals surface area contributed by atoms with Crippen LogP contribution in [0.25, 0.3) is 5.82 Å². The summed E-state index contributed by atoms with van der Waals surface area (Å²) in [6.45, 7) is 1.89. The molecule has 0 spiro atoms. The summed E-state index contributed by atoms with van der Waals surface area (Å²) in [6.07, 6.45) is 0.325. The Kier molecular flexibility index (Phi) is 3.80. The molecule has 4 rings (SSSR count). The highest BCUT2D eigenvalue weighted by Crippen LogP contribution is 2.40. The molecular weight excluding hydrogens is 334 g/mol. The van der Waals surface area contributed by atoms with Gasteiger partial charge in [-0.05, 0) is 30.7 Å². The van der Waals surface area contributed by atoms with E-state index in [0.717, 1.165) is 22.6 Å². The van der Waals surface area contributed by atoms with E-state index in [-0.39, 0.29) is 17.4 Å². The topological polar surface area (TPSA) is 102 Å². The summed E-state index contributed by atoms with van der Waals surface area (Å²) in [7, 11) is 1.61. The van der Waals surface area contributed by atoms with Crippen LogP contribution in [0.15, 0.2) is 41.2 Å². The van der Waals surface area contributed by atoms with Crippen molar-refractivity contribution in [3.05, 3.63) is 63.6 Å². The average Bonchev–Trinajstić information content (AvgIpc) is 2.98. The van der Waals surface area contributed by atoms with Crippen molar-refractivity contribution in [1.29, 1.82) is 0 Å². The molecule has 1 atom stereocenters.